The number of nitrogens with one attached hydrogen (secondary N) is 1. The molecule has 0 spiro atoms. The van der Waals surface area contributed by atoms with Crippen LogP contribution in [0.1, 0.15) is 32.0 Å². The van der Waals surface area contributed by atoms with E-state index < -0.39 is 12.2 Å². The minimum Gasteiger partial charge on any atom is -0.494 e. The fourth-order valence-electron chi connectivity index (χ4n) is 4.55. The molecule has 0 unspecified atom stereocenters. The first-order chi connectivity index (χ1) is 17.5. The standard InChI is InChI=1S/C23H28F2N8O3/c1-3-17(34)32-8-7-14(13-32)26-21-28-22(31-9-11-36-12-10-31)30-23(29-21)33-15-5-4-6-16(35-2)18(15)27-20(33)19(24)25/h4-6,14,19H,3,7-13H2,1-2H3,(H,26,28,29,30)/t14-/m0/s1. The van der Waals surface area contributed by atoms with Gasteiger partial charge < -0.3 is 24.6 Å². The van der Waals surface area contributed by atoms with Crippen molar-refractivity contribution in [2.24, 2.45) is 0 Å². The molecule has 2 aliphatic heterocycles. The number of methoxy groups -OCH3 is 1. The molecule has 11 nitrogen and oxygen atoms in total. The summed E-state index contributed by atoms with van der Waals surface area (Å²) in [6, 6.07) is 4.98. The first-order valence-electron chi connectivity index (χ1n) is 12.0. The predicted molar refractivity (Wildman–Crippen MR) is 128 cm³/mol. The van der Waals surface area contributed by atoms with Crippen molar-refractivity contribution in [2.45, 2.75) is 32.2 Å². The van der Waals surface area contributed by atoms with Crippen LogP contribution in [-0.4, -0.2) is 87.9 Å². The lowest BCUT2D eigenvalue weighted by Crippen LogP contribution is -2.38. The van der Waals surface area contributed by atoms with Gasteiger partial charge in [0, 0.05) is 38.6 Å². The van der Waals surface area contributed by atoms with E-state index in [1.165, 1.54) is 11.7 Å². The smallest absolute Gasteiger partial charge is 0.296 e. The maximum atomic E-state index is 14.1. The van der Waals surface area contributed by atoms with Crippen LogP contribution in [0.3, 0.4) is 0 Å². The Balaban J connectivity index is 1.58. The lowest BCUT2D eigenvalue weighted by Gasteiger charge is -2.27. The largest absolute Gasteiger partial charge is 0.494 e. The van der Waals surface area contributed by atoms with E-state index in [1.54, 1.807) is 23.1 Å². The minimum absolute atomic E-state index is 0.0273. The van der Waals surface area contributed by atoms with Gasteiger partial charge in [-0.2, -0.15) is 15.0 Å². The van der Waals surface area contributed by atoms with Gasteiger partial charge in [-0.05, 0) is 18.6 Å². The van der Waals surface area contributed by atoms with E-state index >= 15 is 0 Å². The molecule has 4 heterocycles. The number of amides is 1. The molecular weight excluding hydrogens is 474 g/mol. The Labute approximate surface area is 206 Å². The third-order valence-corrected chi connectivity index (χ3v) is 6.37. The highest BCUT2D eigenvalue weighted by atomic mass is 19.3. The zero-order valence-electron chi connectivity index (χ0n) is 20.2. The third kappa shape index (κ3) is 4.62. The number of halogens is 2. The Bertz CT molecular complexity index is 1250. The topological polar surface area (TPSA) is 111 Å². The molecule has 0 aliphatic carbocycles. The fraction of sp³-hybridized carbons (Fsp3) is 0.522. The number of carbonyl (C=O) groups excluding carboxylic acids is 1. The second-order valence-corrected chi connectivity index (χ2v) is 8.62. The van der Waals surface area contributed by atoms with Crippen LogP contribution in [0.5, 0.6) is 5.75 Å². The van der Waals surface area contributed by atoms with Crippen LogP contribution >= 0.6 is 0 Å². The van der Waals surface area contributed by atoms with Gasteiger partial charge in [-0.15, -0.1) is 0 Å². The van der Waals surface area contributed by atoms with Gasteiger partial charge in [0.1, 0.15) is 11.3 Å². The average Bonchev–Trinajstić information content (AvgIpc) is 3.53. The minimum atomic E-state index is -2.87. The molecule has 2 aromatic heterocycles. The number of benzene rings is 1. The van der Waals surface area contributed by atoms with Crippen LogP contribution in [0.25, 0.3) is 17.0 Å². The van der Waals surface area contributed by atoms with E-state index in [4.69, 9.17) is 9.47 Å². The maximum Gasteiger partial charge on any atom is 0.296 e. The molecule has 5 rings (SSSR count). The Kier molecular flexibility index (Phi) is 6.81. The Hall–Kier alpha value is -3.61. The van der Waals surface area contributed by atoms with E-state index in [0.29, 0.717) is 68.5 Å². The summed E-state index contributed by atoms with van der Waals surface area (Å²) in [7, 11) is 1.46. The summed E-state index contributed by atoms with van der Waals surface area (Å²) in [5, 5.41) is 3.29. The lowest BCUT2D eigenvalue weighted by molar-refractivity contribution is -0.129. The summed E-state index contributed by atoms with van der Waals surface area (Å²) in [6.45, 7) is 5.13. The molecule has 0 saturated carbocycles. The van der Waals surface area contributed by atoms with E-state index in [9.17, 15) is 13.6 Å². The molecule has 0 radical (unpaired) electrons. The zero-order chi connectivity index (χ0) is 25.2. The van der Waals surface area contributed by atoms with Crippen LogP contribution in [0.2, 0.25) is 0 Å². The van der Waals surface area contributed by atoms with E-state index in [2.05, 4.69) is 25.3 Å². The van der Waals surface area contributed by atoms with Gasteiger partial charge in [0.05, 0.1) is 25.8 Å². The molecule has 36 heavy (non-hydrogen) atoms. The summed E-state index contributed by atoms with van der Waals surface area (Å²) in [4.78, 5) is 33.7. The number of likely N-dealkylation sites (tertiary alicyclic amines) is 1. The van der Waals surface area contributed by atoms with Gasteiger partial charge in [-0.3, -0.25) is 9.36 Å². The fourth-order valence-corrected chi connectivity index (χ4v) is 4.55. The number of imidazole rings is 1. The van der Waals surface area contributed by atoms with Crippen LogP contribution in [0, 0.1) is 0 Å². The van der Waals surface area contributed by atoms with E-state index in [0.717, 1.165) is 6.42 Å². The molecule has 2 saturated heterocycles. The quantitative estimate of drug-likeness (QED) is 0.521. The number of fused-ring (bicyclic) bond motifs is 1. The molecule has 1 amide bonds. The molecule has 2 aliphatic rings. The summed E-state index contributed by atoms with van der Waals surface area (Å²) in [6.07, 6.45) is -1.70. The zero-order valence-corrected chi connectivity index (χ0v) is 20.2. The van der Waals surface area contributed by atoms with Gasteiger partial charge in [0.25, 0.3) is 6.43 Å². The third-order valence-electron chi connectivity index (χ3n) is 6.37. The van der Waals surface area contributed by atoms with Crippen LogP contribution in [0.4, 0.5) is 20.7 Å². The summed E-state index contributed by atoms with van der Waals surface area (Å²) < 4.78 is 40.3. The van der Waals surface area contributed by atoms with Crippen molar-refractivity contribution in [2.75, 3.05) is 56.7 Å². The van der Waals surface area contributed by atoms with Crippen molar-refractivity contribution in [1.29, 1.82) is 0 Å². The predicted octanol–water partition coefficient (Wildman–Crippen LogP) is 2.42. The van der Waals surface area contributed by atoms with Crippen molar-refractivity contribution < 1.29 is 23.0 Å². The summed E-state index contributed by atoms with van der Waals surface area (Å²) in [5.74, 6) is 0.614. The number of para-hydroxylation sites is 1. The molecule has 1 atom stereocenters. The second kappa shape index (κ2) is 10.2. The van der Waals surface area contributed by atoms with Crippen LogP contribution in [-0.2, 0) is 9.53 Å². The SMILES string of the molecule is CCC(=O)N1CC[C@H](Nc2nc(N3CCOCC3)nc(-n3c(C(F)F)nc4c(OC)cccc43)n2)C1. The van der Waals surface area contributed by atoms with Crippen molar-refractivity contribution in [3.8, 4) is 11.7 Å². The van der Waals surface area contributed by atoms with Gasteiger partial charge in [0.2, 0.25) is 23.8 Å². The van der Waals surface area contributed by atoms with Crippen LogP contribution < -0.4 is 15.0 Å². The van der Waals surface area contributed by atoms with Gasteiger partial charge in [-0.1, -0.05) is 13.0 Å². The first kappa shape index (κ1) is 24.1. The number of morpholine rings is 1. The van der Waals surface area contributed by atoms with E-state index in [-0.39, 0.29) is 23.8 Å². The number of rotatable bonds is 7. The molecular formula is C23H28F2N8O3. The molecule has 1 N–H and O–H groups in total. The van der Waals surface area contributed by atoms with Crippen molar-refractivity contribution in [3.05, 3.63) is 24.0 Å². The normalized spacial score (nSPS) is 18.3. The molecule has 0 bridgehead atoms. The van der Waals surface area contributed by atoms with Gasteiger partial charge >= 0.3 is 0 Å². The number of hydrogen-bond acceptors (Lipinski definition) is 9. The average molecular weight is 503 g/mol. The van der Waals surface area contributed by atoms with Crippen molar-refractivity contribution in [1.82, 2.24) is 29.4 Å². The molecule has 13 heteroatoms. The van der Waals surface area contributed by atoms with Crippen molar-refractivity contribution in [3.63, 3.8) is 0 Å². The van der Waals surface area contributed by atoms with Gasteiger partial charge in [0.15, 0.2) is 5.82 Å². The first-order valence-corrected chi connectivity index (χ1v) is 12.0. The van der Waals surface area contributed by atoms with E-state index in [1.807, 2.05) is 11.8 Å². The second-order valence-electron chi connectivity index (χ2n) is 8.62. The highest BCUT2D eigenvalue weighted by molar-refractivity contribution is 5.84. The Morgan fingerprint density at radius 2 is 1.94 bits per heavy atom. The number of aromatic nitrogens is 5. The maximum absolute atomic E-state index is 14.1. The van der Waals surface area contributed by atoms with Gasteiger partial charge in [-0.25, -0.2) is 13.8 Å². The Morgan fingerprint density at radius 3 is 2.67 bits per heavy atom. The number of hydrogen-bond donors (Lipinski definition) is 1. The van der Waals surface area contributed by atoms with Crippen LogP contribution in [0.15, 0.2) is 18.2 Å². The number of alkyl halides is 2. The highest BCUT2D eigenvalue weighted by Gasteiger charge is 2.28. The Morgan fingerprint density at radius 1 is 1.17 bits per heavy atom. The summed E-state index contributed by atoms with van der Waals surface area (Å²) >= 11 is 0. The number of anilines is 2. The number of carbonyl (C=O) groups is 1. The lowest BCUT2D eigenvalue weighted by atomic mass is 10.3. The monoisotopic (exact) mass is 502 g/mol. The van der Waals surface area contributed by atoms with Crippen molar-refractivity contribution >= 4 is 28.8 Å². The number of nitrogens with zero attached hydrogens (tertiary/aromatic N) is 7. The molecule has 2 fully saturated rings. The molecule has 1 aromatic carbocycles. The highest BCUT2D eigenvalue weighted by Crippen LogP contribution is 2.32. The molecule has 192 valence electrons. The summed E-state index contributed by atoms with van der Waals surface area (Å²) in [5.41, 5.74) is 0.693. The molecule has 3 aromatic rings. The number of ether oxygens (including phenoxy) is 2.